The highest BCUT2D eigenvalue weighted by Gasteiger charge is 2.45. The van der Waals surface area contributed by atoms with Crippen molar-refractivity contribution in [3.8, 4) is 44.5 Å². The summed E-state index contributed by atoms with van der Waals surface area (Å²) in [6, 6.07) is 32.7. The third-order valence-electron chi connectivity index (χ3n) is 13.0. The van der Waals surface area contributed by atoms with Crippen LogP contribution in [0, 0.1) is 0 Å². The van der Waals surface area contributed by atoms with Crippen LogP contribution in [0.3, 0.4) is 0 Å². The van der Waals surface area contributed by atoms with Gasteiger partial charge >= 0.3 is 0 Å². The first-order chi connectivity index (χ1) is 26.0. The van der Waals surface area contributed by atoms with Crippen molar-refractivity contribution in [2.24, 2.45) is 4.99 Å². The highest BCUT2D eigenvalue weighted by atomic mass is 14.8. The van der Waals surface area contributed by atoms with Gasteiger partial charge in [0, 0.05) is 46.6 Å². The SMILES string of the molecule is C=CC(=CN=CC)c1cc2c(c3ccccc13)-c1cc3c(cc1C2(C)C)-c1cc2c(cc1C3(C)C)-c1c(cc(-c3cncnc3)c3ccccc13)C2(C)C. The van der Waals surface area contributed by atoms with Crippen molar-refractivity contribution in [1.29, 1.82) is 0 Å². The van der Waals surface area contributed by atoms with Gasteiger partial charge in [0.2, 0.25) is 0 Å². The fourth-order valence-electron chi connectivity index (χ4n) is 10.2. The van der Waals surface area contributed by atoms with Gasteiger partial charge in [-0.25, -0.2) is 9.97 Å². The van der Waals surface area contributed by atoms with E-state index in [4.69, 9.17) is 0 Å². The molecule has 6 aromatic carbocycles. The molecule has 0 bridgehead atoms. The summed E-state index contributed by atoms with van der Waals surface area (Å²) in [6.45, 7) is 20.6. The van der Waals surface area contributed by atoms with E-state index in [1.165, 1.54) is 99.4 Å². The number of aliphatic imine (C=N–C) groups is 1. The lowest BCUT2D eigenvalue weighted by Gasteiger charge is -2.25. The van der Waals surface area contributed by atoms with Crippen LogP contribution < -0.4 is 0 Å². The van der Waals surface area contributed by atoms with Gasteiger partial charge < -0.3 is 0 Å². The average molecular weight is 698 g/mol. The van der Waals surface area contributed by atoms with Crippen LogP contribution in [0.4, 0.5) is 0 Å². The predicted molar refractivity (Wildman–Crippen MR) is 228 cm³/mol. The quantitative estimate of drug-likeness (QED) is 0.136. The Balaban J connectivity index is 1.20. The molecule has 54 heavy (non-hydrogen) atoms. The van der Waals surface area contributed by atoms with E-state index in [1.807, 2.05) is 37.8 Å². The zero-order valence-electron chi connectivity index (χ0n) is 32.1. The number of hydrogen-bond donors (Lipinski definition) is 0. The van der Waals surface area contributed by atoms with Crippen LogP contribution >= 0.6 is 0 Å². The fourth-order valence-corrected chi connectivity index (χ4v) is 10.2. The topological polar surface area (TPSA) is 38.1 Å². The van der Waals surface area contributed by atoms with Crippen LogP contribution in [0.25, 0.3) is 71.6 Å². The van der Waals surface area contributed by atoms with Crippen LogP contribution in [0.5, 0.6) is 0 Å². The molecule has 0 spiro atoms. The normalized spacial score (nSPS) is 16.6. The maximum atomic E-state index is 4.49. The zero-order chi connectivity index (χ0) is 37.3. The van der Waals surface area contributed by atoms with Gasteiger partial charge in [0.15, 0.2) is 0 Å². The minimum atomic E-state index is -0.200. The summed E-state index contributed by atoms with van der Waals surface area (Å²) in [5.41, 5.74) is 20.3. The largest absolute Gasteiger partial charge is 0.269 e. The number of allylic oxidation sites excluding steroid dienone is 2. The summed E-state index contributed by atoms with van der Waals surface area (Å²) < 4.78 is 0. The Labute approximate surface area is 317 Å². The minimum absolute atomic E-state index is 0.182. The van der Waals surface area contributed by atoms with Crippen LogP contribution in [-0.4, -0.2) is 16.2 Å². The van der Waals surface area contributed by atoms with Gasteiger partial charge in [-0.05, 0) is 148 Å². The monoisotopic (exact) mass is 697 g/mol. The van der Waals surface area contributed by atoms with E-state index in [0.717, 1.165) is 11.1 Å². The molecule has 262 valence electrons. The first-order valence-corrected chi connectivity index (χ1v) is 19.1. The molecule has 1 heterocycles. The second-order valence-electron chi connectivity index (χ2n) is 16.9. The third kappa shape index (κ3) is 4.16. The van der Waals surface area contributed by atoms with Crippen molar-refractivity contribution >= 4 is 33.3 Å². The molecule has 0 unspecified atom stereocenters. The highest BCUT2D eigenvalue weighted by molar-refractivity contribution is 6.11. The molecule has 3 heteroatoms. The molecule has 0 radical (unpaired) electrons. The predicted octanol–water partition coefficient (Wildman–Crippen LogP) is 13.0. The second kappa shape index (κ2) is 11.1. The van der Waals surface area contributed by atoms with Crippen LogP contribution in [0.15, 0.2) is 127 Å². The molecule has 0 aliphatic heterocycles. The van der Waals surface area contributed by atoms with Gasteiger partial charge in [0.1, 0.15) is 6.33 Å². The van der Waals surface area contributed by atoms with Gasteiger partial charge in [-0.15, -0.1) is 0 Å². The molecule has 0 amide bonds. The molecule has 3 nitrogen and oxygen atoms in total. The Morgan fingerprint density at radius 1 is 0.556 bits per heavy atom. The summed E-state index contributed by atoms with van der Waals surface area (Å²) in [4.78, 5) is 13.3. The molecule has 3 aliphatic carbocycles. The number of aromatic nitrogens is 2. The first-order valence-electron chi connectivity index (χ1n) is 19.1. The molecule has 0 fully saturated rings. The Morgan fingerprint density at radius 2 is 1.00 bits per heavy atom. The Bertz CT molecular complexity index is 2860. The lowest BCUT2D eigenvalue weighted by molar-refractivity contribution is 0.649. The second-order valence-corrected chi connectivity index (χ2v) is 16.9. The maximum absolute atomic E-state index is 4.49. The Morgan fingerprint density at radius 3 is 1.56 bits per heavy atom. The summed E-state index contributed by atoms with van der Waals surface area (Å²) in [6.07, 6.45) is 11.2. The van der Waals surface area contributed by atoms with Crippen molar-refractivity contribution in [1.82, 2.24) is 9.97 Å². The number of benzene rings is 6. The van der Waals surface area contributed by atoms with Crippen molar-refractivity contribution in [2.75, 3.05) is 0 Å². The molecule has 7 aromatic rings. The highest BCUT2D eigenvalue weighted by Crippen LogP contribution is 2.61. The summed E-state index contributed by atoms with van der Waals surface area (Å²) in [5.74, 6) is 0. The third-order valence-corrected chi connectivity index (χ3v) is 13.0. The molecule has 0 saturated carbocycles. The molecular formula is C51H43N3. The smallest absolute Gasteiger partial charge is 0.115 e. The van der Waals surface area contributed by atoms with Crippen LogP contribution in [-0.2, 0) is 16.2 Å². The first kappa shape index (κ1) is 32.7. The van der Waals surface area contributed by atoms with Gasteiger partial charge in [-0.1, -0.05) is 103 Å². The molecule has 0 N–H and O–H groups in total. The molecule has 1 aromatic heterocycles. The Hall–Kier alpha value is -5.93. The summed E-state index contributed by atoms with van der Waals surface area (Å²) >= 11 is 0. The van der Waals surface area contributed by atoms with E-state index >= 15 is 0 Å². The molecular weight excluding hydrogens is 655 g/mol. The standard InChI is InChI=1S/C51H43N3/c1-9-29(25-52-10-2)35-19-45-47(33-17-13-11-15-31(33)35)39-23-41-37(21-43(39)50(45,5)6)38-22-44-40(24-42(38)49(41,3)4)48-34-18-14-12-16-32(34)36(20-46(48)51(44,7)8)30-26-53-28-54-27-30/h9-28H,1H2,2-8H3. The fraction of sp³-hybridized carbons (Fsp3) is 0.196. The van der Waals surface area contributed by atoms with Crippen molar-refractivity contribution in [3.63, 3.8) is 0 Å². The van der Waals surface area contributed by atoms with Crippen LogP contribution in [0.2, 0.25) is 0 Å². The number of rotatable bonds is 4. The van der Waals surface area contributed by atoms with Gasteiger partial charge in [0.05, 0.1) is 0 Å². The number of hydrogen-bond acceptors (Lipinski definition) is 3. The van der Waals surface area contributed by atoms with E-state index in [9.17, 15) is 0 Å². The van der Waals surface area contributed by atoms with Gasteiger partial charge in [-0.2, -0.15) is 0 Å². The van der Waals surface area contributed by atoms with Gasteiger partial charge in [0.25, 0.3) is 0 Å². The minimum Gasteiger partial charge on any atom is -0.269 e. The molecule has 0 atom stereocenters. The molecule has 3 aliphatic rings. The van der Waals surface area contributed by atoms with E-state index < -0.39 is 0 Å². The number of nitrogens with zero attached hydrogens (tertiary/aromatic N) is 3. The maximum Gasteiger partial charge on any atom is 0.115 e. The van der Waals surface area contributed by atoms with Crippen LogP contribution in [0.1, 0.15) is 87.4 Å². The van der Waals surface area contributed by atoms with E-state index in [1.54, 1.807) is 6.33 Å². The summed E-state index contributed by atoms with van der Waals surface area (Å²) in [5, 5.41) is 5.03. The van der Waals surface area contributed by atoms with E-state index in [0.29, 0.717) is 0 Å². The van der Waals surface area contributed by atoms with Crippen molar-refractivity contribution in [2.45, 2.75) is 64.7 Å². The molecule has 10 rings (SSSR count). The zero-order valence-corrected chi connectivity index (χ0v) is 32.1. The lowest BCUT2D eigenvalue weighted by Crippen LogP contribution is -2.17. The summed E-state index contributed by atoms with van der Waals surface area (Å²) in [7, 11) is 0. The van der Waals surface area contributed by atoms with E-state index in [-0.39, 0.29) is 16.2 Å². The van der Waals surface area contributed by atoms with Crippen molar-refractivity contribution in [3.05, 3.63) is 161 Å². The molecule has 0 saturated heterocycles. The van der Waals surface area contributed by atoms with Crippen molar-refractivity contribution < 1.29 is 0 Å². The number of fused-ring (bicyclic) bond motifs is 13. The van der Waals surface area contributed by atoms with E-state index in [2.05, 4.69) is 148 Å². The Kier molecular flexibility index (Phi) is 6.69. The lowest BCUT2D eigenvalue weighted by atomic mass is 9.78. The van der Waals surface area contributed by atoms with Gasteiger partial charge in [-0.3, -0.25) is 4.99 Å². The average Bonchev–Trinajstić information content (AvgIpc) is 3.65.